The normalized spacial score (nSPS) is 11.4. The molecular weight excluding hydrogens is 281 g/mol. The Morgan fingerprint density at radius 3 is 2.35 bits per heavy atom. The summed E-state index contributed by atoms with van der Waals surface area (Å²) in [5.74, 6) is -2.54. The fraction of sp³-hybridized carbons (Fsp3) is 0.0769. The van der Waals surface area contributed by atoms with E-state index >= 15 is 0 Å². The van der Waals surface area contributed by atoms with E-state index in [0.717, 1.165) is 24.3 Å². The molecule has 0 fully saturated rings. The van der Waals surface area contributed by atoms with Crippen LogP contribution in [0.4, 0.5) is 27.6 Å². The molecule has 0 heterocycles. The minimum atomic E-state index is -4.88. The van der Waals surface area contributed by atoms with Gasteiger partial charge in [-0.15, -0.1) is 13.2 Å². The molecule has 0 atom stereocenters. The third kappa shape index (κ3) is 2.98. The fourth-order valence-corrected chi connectivity index (χ4v) is 1.68. The van der Waals surface area contributed by atoms with Crippen LogP contribution in [0.3, 0.4) is 0 Å². The van der Waals surface area contributed by atoms with Gasteiger partial charge in [0.2, 0.25) is 0 Å². The molecule has 0 bridgehead atoms. The number of anilines is 1. The molecule has 0 unspecified atom stereocenters. The standard InChI is InChI=1S/C13H8F5NO/c14-9-4-5-10(19)12(15)11(9)7-2-1-3-8(6-7)20-13(16,17)18/h1-6H,19H2. The van der Waals surface area contributed by atoms with Gasteiger partial charge < -0.3 is 10.5 Å². The van der Waals surface area contributed by atoms with Crippen LogP contribution in [0.25, 0.3) is 11.1 Å². The Kier molecular flexibility index (Phi) is 3.52. The summed E-state index contributed by atoms with van der Waals surface area (Å²) in [5, 5.41) is 0. The first kappa shape index (κ1) is 14.1. The SMILES string of the molecule is Nc1ccc(F)c(-c2cccc(OC(F)(F)F)c2)c1F. The van der Waals surface area contributed by atoms with Crippen LogP contribution in [0.2, 0.25) is 0 Å². The van der Waals surface area contributed by atoms with E-state index in [0.29, 0.717) is 0 Å². The molecule has 0 radical (unpaired) electrons. The highest BCUT2D eigenvalue weighted by Gasteiger charge is 2.31. The Morgan fingerprint density at radius 1 is 1.00 bits per heavy atom. The average Bonchev–Trinajstić information content (AvgIpc) is 2.33. The molecule has 0 aliphatic carbocycles. The van der Waals surface area contributed by atoms with Crippen molar-refractivity contribution in [2.75, 3.05) is 5.73 Å². The lowest BCUT2D eigenvalue weighted by molar-refractivity contribution is -0.274. The predicted molar refractivity (Wildman–Crippen MR) is 62.9 cm³/mol. The number of alkyl halides is 3. The Bertz CT molecular complexity index is 639. The highest BCUT2D eigenvalue weighted by molar-refractivity contribution is 5.70. The second kappa shape index (κ2) is 4.99. The second-order valence-electron chi connectivity index (χ2n) is 3.90. The van der Waals surface area contributed by atoms with Crippen molar-refractivity contribution in [1.29, 1.82) is 0 Å². The van der Waals surface area contributed by atoms with E-state index in [2.05, 4.69) is 4.74 Å². The first-order valence-electron chi connectivity index (χ1n) is 5.37. The summed E-state index contributed by atoms with van der Waals surface area (Å²) < 4.78 is 67.4. The summed E-state index contributed by atoms with van der Waals surface area (Å²) in [5.41, 5.74) is 4.41. The molecule has 0 amide bonds. The van der Waals surface area contributed by atoms with Crippen molar-refractivity contribution in [1.82, 2.24) is 0 Å². The second-order valence-corrected chi connectivity index (χ2v) is 3.90. The van der Waals surface area contributed by atoms with Gasteiger partial charge in [0, 0.05) is 0 Å². The maximum Gasteiger partial charge on any atom is 0.573 e. The van der Waals surface area contributed by atoms with Gasteiger partial charge in [0.15, 0.2) is 5.82 Å². The van der Waals surface area contributed by atoms with Crippen molar-refractivity contribution in [3.63, 3.8) is 0 Å². The zero-order chi connectivity index (χ0) is 14.9. The molecule has 20 heavy (non-hydrogen) atoms. The summed E-state index contributed by atoms with van der Waals surface area (Å²) >= 11 is 0. The van der Waals surface area contributed by atoms with Gasteiger partial charge in [-0.2, -0.15) is 0 Å². The molecule has 0 aromatic heterocycles. The molecule has 2 aromatic carbocycles. The molecule has 7 heteroatoms. The molecule has 0 spiro atoms. The molecule has 2 rings (SSSR count). The minimum Gasteiger partial charge on any atom is -0.406 e. The largest absolute Gasteiger partial charge is 0.573 e. The van der Waals surface area contributed by atoms with Crippen LogP contribution >= 0.6 is 0 Å². The topological polar surface area (TPSA) is 35.2 Å². The lowest BCUT2D eigenvalue weighted by Crippen LogP contribution is -2.17. The summed E-state index contributed by atoms with van der Waals surface area (Å²) in [6.45, 7) is 0. The van der Waals surface area contributed by atoms with Gasteiger partial charge in [0.1, 0.15) is 11.6 Å². The predicted octanol–water partition coefficient (Wildman–Crippen LogP) is 4.11. The van der Waals surface area contributed by atoms with Gasteiger partial charge in [0.05, 0.1) is 11.3 Å². The van der Waals surface area contributed by atoms with Crippen LogP contribution in [0.1, 0.15) is 0 Å². The molecule has 106 valence electrons. The van der Waals surface area contributed by atoms with Gasteiger partial charge in [-0.25, -0.2) is 8.78 Å². The number of nitrogen functional groups attached to an aromatic ring is 1. The maximum absolute atomic E-state index is 13.8. The van der Waals surface area contributed by atoms with E-state index in [1.807, 2.05) is 0 Å². The van der Waals surface area contributed by atoms with Crippen molar-refractivity contribution in [3.8, 4) is 16.9 Å². The van der Waals surface area contributed by atoms with Gasteiger partial charge in [-0.1, -0.05) is 12.1 Å². The Morgan fingerprint density at radius 2 is 1.70 bits per heavy atom. The number of hydrogen-bond acceptors (Lipinski definition) is 2. The molecule has 2 N–H and O–H groups in total. The quantitative estimate of drug-likeness (QED) is 0.667. The van der Waals surface area contributed by atoms with Crippen molar-refractivity contribution < 1.29 is 26.7 Å². The zero-order valence-electron chi connectivity index (χ0n) is 9.84. The first-order valence-corrected chi connectivity index (χ1v) is 5.37. The van der Waals surface area contributed by atoms with Crippen LogP contribution < -0.4 is 10.5 Å². The molecule has 0 saturated carbocycles. The molecule has 0 saturated heterocycles. The van der Waals surface area contributed by atoms with E-state index in [1.165, 1.54) is 12.1 Å². The van der Waals surface area contributed by atoms with Gasteiger partial charge in [-0.3, -0.25) is 0 Å². The number of ether oxygens (including phenoxy) is 1. The highest BCUT2D eigenvalue weighted by atomic mass is 19.4. The average molecular weight is 289 g/mol. The van der Waals surface area contributed by atoms with Crippen molar-refractivity contribution >= 4 is 5.69 Å². The van der Waals surface area contributed by atoms with E-state index < -0.39 is 29.3 Å². The van der Waals surface area contributed by atoms with Crippen LogP contribution in [0.15, 0.2) is 36.4 Å². The Labute approximate surface area is 110 Å². The Hall–Kier alpha value is -2.31. The minimum absolute atomic E-state index is 0.103. The van der Waals surface area contributed by atoms with E-state index in [9.17, 15) is 22.0 Å². The monoisotopic (exact) mass is 289 g/mol. The first-order chi connectivity index (χ1) is 9.28. The summed E-state index contributed by atoms with van der Waals surface area (Å²) in [4.78, 5) is 0. The highest BCUT2D eigenvalue weighted by Crippen LogP contribution is 2.32. The van der Waals surface area contributed by atoms with Crippen molar-refractivity contribution in [2.45, 2.75) is 6.36 Å². The fourth-order valence-electron chi connectivity index (χ4n) is 1.68. The number of hydrogen-bond donors (Lipinski definition) is 1. The number of nitrogens with two attached hydrogens (primary N) is 1. The van der Waals surface area contributed by atoms with E-state index in [4.69, 9.17) is 5.73 Å². The van der Waals surface area contributed by atoms with Gasteiger partial charge in [-0.05, 0) is 29.8 Å². The van der Waals surface area contributed by atoms with Crippen LogP contribution in [0, 0.1) is 11.6 Å². The molecule has 2 nitrogen and oxygen atoms in total. The van der Waals surface area contributed by atoms with Crippen LogP contribution in [-0.4, -0.2) is 6.36 Å². The third-order valence-corrected chi connectivity index (χ3v) is 2.48. The number of rotatable bonds is 2. The van der Waals surface area contributed by atoms with Crippen LogP contribution in [0.5, 0.6) is 5.75 Å². The molecule has 0 aliphatic rings. The van der Waals surface area contributed by atoms with E-state index in [-0.39, 0.29) is 11.3 Å². The maximum atomic E-state index is 13.8. The summed E-state index contributed by atoms with van der Waals surface area (Å²) in [6.07, 6.45) is -4.88. The third-order valence-electron chi connectivity index (χ3n) is 2.48. The Balaban J connectivity index is 2.49. The van der Waals surface area contributed by atoms with Crippen molar-refractivity contribution in [3.05, 3.63) is 48.0 Å². The summed E-state index contributed by atoms with van der Waals surface area (Å²) in [6, 6.07) is 6.32. The van der Waals surface area contributed by atoms with Gasteiger partial charge in [0.25, 0.3) is 0 Å². The zero-order valence-corrected chi connectivity index (χ0v) is 9.84. The van der Waals surface area contributed by atoms with Crippen molar-refractivity contribution in [2.24, 2.45) is 0 Å². The lowest BCUT2D eigenvalue weighted by atomic mass is 10.0. The van der Waals surface area contributed by atoms with Gasteiger partial charge >= 0.3 is 6.36 Å². The molecular formula is C13H8F5NO. The molecule has 0 aliphatic heterocycles. The van der Waals surface area contributed by atoms with Crippen LogP contribution in [-0.2, 0) is 0 Å². The molecule has 2 aromatic rings. The summed E-state index contributed by atoms with van der Waals surface area (Å²) in [7, 11) is 0. The van der Waals surface area contributed by atoms with E-state index in [1.54, 1.807) is 0 Å². The number of halogens is 5. The lowest BCUT2D eigenvalue weighted by Gasteiger charge is -2.11. The smallest absolute Gasteiger partial charge is 0.406 e. The number of benzene rings is 2.